The highest BCUT2D eigenvalue weighted by Gasteiger charge is 2.23. The third-order valence-corrected chi connectivity index (χ3v) is 5.52. The van der Waals surface area contributed by atoms with Gasteiger partial charge in [-0.3, -0.25) is 0 Å². The van der Waals surface area contributed by atoms with Gasteiger partial charge in [-0.2, -0.15) is 0 Å². The summed E-state index contributed by atoms with van der Waals surface area (Å²) in [7, 11) is -3.53. The zero-order valence-electron chi connectivity index (χ0n) is 13.6. The lowest BCUT2D eigenvalue weighted by Gasteiger charge is -2.27. The van der Waals surface area contributed by atoms with E-state index in [1.54, 1.807) is 18.2 Å². The fourth-order valence-electron chi connectivity index (χ4n) is 1.89. The summed E-state index contributed by atoms with van der Waals surface area (Å²) in [6.07, 6.45) is 0.769. The highest BCUT2D eigenvalue weighted by Crippen LogP contribution is 2.25. The topological polar surface area (TPSA) is 66.4 Å². The van der Waals surface area contributed by atoms with E-state index in [-0.39, 0.29) is 22.8 Å². The van der Waals surface area contributed by atoms with Gasteiger partial charge in [0.15, 0.2) is 0 Å². The van der Waals surface area contributed by atoms with Crippen LogP contribution in [0.25, 0.3) is 0 Å². The number of aliphatic hydroxyl groups is 1. The monoisotopic (exact) mass is 313 g/mol. The molecule has 2 N–H and O–H groups in total. The Hall–Kier alpha value is -0.910. The number of rotatable bonds is 6. The summed E-state index contributed by atoms with van der Waals surface area (Å²) in [5.41, 5.74) is 1.69. The van der Waals surface area contributed by atoms with E-state index in [4.69, 9.17) is 0 Å². The van der Waals surface area contributed by atoms with Crippen LogP contribution < -0.4 is 4.72 Å². The third kappa shape index (κ3) is 4.80. The van der Waals surface area contributed by atoms with Crippen molar-refractivity contribution in [3.8, 4) is 0 Å². The molecule has 5 heteroatoms. The molecule has 4 nitrogen and oxygen atoms in total. The fourth-order valence-corrected chi connectivity index (χ4v) is 3.07. The van der Waals surface area contributed by atoms with Crippen molar-refractivity contribution in [3.05, 3.63) is 29.3 Å². The summed E-state index contributed by atoms with van der Waals surface area (Å²) in [5, 5.41) is 9.35. The third-order valence-electron chi connectivity index (χ3n) is 4.10. The largest absolute Gasteiger partial charge is 0.392 e. The molecule has 1 aromatic carbocycles. The predicted octanol–water partition coefficient (Wildman–Crippen LogP) is 2.70. The molecule has 0 bridgehead atoms. The maximum atomic E-state index is 12.3. The van der Waals surface area contributed by atoms with Crippen molar-refractivity contribution < 1.29 is 13.5 Å². The van der Waals surface area contributed by atoms with E-state index in [1.165, 1.54) is 0 Å². The number of aryl methyl sites for hydroxylation is 1. The lowest BCUT2D eigenvalue weighted by atomic mass is 9.82. The first-order valence-electron chi connectivity index (χ1n) is 7.34. The lowest BCUT2D eigenvalue weighted by Crippen LogP contribution is -2.33. The van der Waals surface area contributed by atoms with Gasteiger partial charge in [0.2, 0.25) is 10.0 Å². The van der Waals surface area contributed by atoms with Crippen molar-refractivity contribution in [2.24, 2.45) is 11.3 Å². The van der Waals surface area contributed by atoms with Crippen LogP contribution in [0.4, 0.5) is 0 Å². The Bertz CT molecular complexity index is 574. The molecule has 0 aliphatic carbocycles. The fraction of sp³-hybridized carbons (Fsp3) is 0.625. The maximum Gasteiger partial charge on any atom is 0.240 e. The van der Waals surface area contributed by atoms with Gasteiger partial charge < -0.3 is 5.11 Å². The minimum absolute atomic E-state index is 0.0465. The number of benzene rings is 1. The van der Waals surface area contributed by atoms with Crippen LogP contribution in [-0.4, -0.2) is 20.1 Å². The van der Waals surface area contributed by atoms with Gasteiger partial charge in [-0.1, -0.05) is 40.7 Å². The van der Waals surface area contributed by atoms with Crippen LogP contribution in [0.2, 0.25) is 0 Å². The van der Waals surface area contributed by atoms with Gasteiger partial charge in [-0.15, -0.1) is 0 Å². The summed E-state index contributed by atoms with van der Waals surface area (Å²) in [6.45, 7) is 10.5. The van der Waals surface area contributed by atoms with Crippen molar-refractivity contribution >= 4 is 10.0 Å². The van der Waals surface area contributed by atoms with Gasteiger partial charge in [-0.05, 0) is 41.0 Å². The van der Waals surface area contributed by atoms with Gasteiger partial charge in [0.1, 0.15) is 0 Å². The molecule has 1 unspecified atom stereocenters. The number of hydrogen-bond acceptors (Lipinski definition) is 3. The Morgan fingerprint density at radius 2 is 1.86 bits per heavy atom. The van der Waals surface area contributed by atoms with Crippen molar-refractivity contribution in [2.45, 2.75) is 52.5 Å². The molecule has 0 heterocycles. The molecule has 120 valence electrons. The summed E-state index contributed by atoms with van der Waals surface area (Å²) in [4.78, 5) is 0.213. The van der Waals surface area contributed by atoms with E-state index in [0.29, 0.717) is 12.1 Å². The molecular weight excluding hydrogens is 286 g/mol. The molecule has 0 spiro atoms. The second kappa shape index (κ2) is 6.90. The minimum atomic E-state index is -3.53. The smallest absolute Gasteiger partial charge is 0.240 e. The molecule has 0 aliphatic heterocycles. The molecule has 0 radical (unpaired) electrons. The molecular formula is C16H27NO3S. The number of nitrogens with one attached hydrogen (secondary N) is 1. The van der Waals surface area contributed by atoms with Crippen LogP contribution in [0, 0.1) is 11.3 Å². The van der Waals surface area contributed by atoms with E-state index in [1.807, 2.05) is 13.8 Å². The first-order valence-corrected chi connectivity index (χ1v) is 8.82. The Morgan fingerprint density at radius 3 is 2.33 bits per heavy atom. The van der Waals surface area contributed by atoms with E-state index in [0.717, 1.165) is 12.0 Å². The minimum Gasteiger partial charge on any atom is -0.392 e. The van der Waals surface area contributed by atoms with E-state index < -0.39 is 10.0 Å². The van der Waals surface area contributed by atoms with E-state index in [2.05, 4.69) is 25.5 Å². The van der Waals surface area contributed by atoms with Crippen LogP contribution in [0.5, 0.6) is 0 Å². The number of hydrogen-bond donors (Lipinski definition) is 2. The Labute approximate surface area is 128 Å². The Balaban J connectivity index is 2.93. The van der Waals surface area contributed by atoms with Crippen LogP contribution >= 0.6 is 0 Å². The molecule has 1 atom stereocenters. The molecule has 21 heavy (non-hydrogen) atoms. The van der Waals surface area contributed by atoms with Gasteiger partial charge >= 0.3 is 0 Å². The molecule has 0 amide bonds. The molecule has 0 aromatic heterocycles. The quantitative estimate of drug-likeness (QED) is 0.848. The Kier molecular flexibility index (Phi) is 5.96. The van der Waals surface area contributed by atoms with Gasteiger partial charge in [-0.25, -0.2) is 13.1 Å². The van der Waals surface area contributed by atoms with Crippen molar-refractivity contribution in [1.29, 1.82) is 0 Å². The van der Waals surface area contributed by atoms with Crippen molar-refractivity contribution in [3.63, 3.8) is 0 Å². The van der Waals surface area contributed by atoms with E-state index >= 15 is 0 Å². The average molecular weight is 313 g/mol. The summed E-state index contributed by atoms with van der Waals surface area (Å²) >= 11 is 0. The first-order chi connectivity index (χ1) is 9.61. The molecule has 0 fully saturated rings. The van der Waals surface area contributed by atoms with Gasteiger partial charge in [0.25, 0.3) is 0 Å². The van der Waals surface area contributed by atoms with Crippen LogP contribution in [0.1, 0.15) is 45.7 Å². The van der Waals surface area contributed by atoms with Gasteiger partial charge in [0.05, 0.1) is 11.5 Å². The zero-order valence-corrected chi connectivity index (χ0v) is 14.4. The predicted molar refractivity (Wildman–Crippen MR) is 85.6 cm³/mol. The second-order valence-corrected chi connectivity index (χ2v) is 8.33. The highest BCUT2D eigenvalue weighted by atomic mass is 32.2. The lowest BCUT2D eigenvalue weighted by molar-refractivity contribution is 0.263. The highest BCUT2D eigenvalue weighted by molar-refractivity contribution is 7.89. The number of sulfonamides is 1. The first kappa shape index (κ1) is 18.1. The molecule has 0 saturated carbocycles. The van der Waals surface area contributed by atoms with E-state index in [9.17, 15) is 13.5 Å². The Morgan fingerprint density at radius 1 is 1.24 bits per heavy atom. The molecule has 1 aromatic rings. The summed E-state index contributed by atoms with van der Waals surface area (Å²) in [6, 6.07) is 4.93. The van der Waals surface area contributed by atoms with Crippen LogP contribution in [-0.2, 0) is 23.1 Å². The average Bonchev–Trinajstić information content (AvgIpc) is 2.42. The summed E-state index contributed by atoms with van der Waals surface area (Å²) in [5.74, 6) is 0.222. The zero-order chi connectivity index (χ0) is 16.3. The normalized spacial score (nSPS) is 14.2. The standard InChI is InChI=1S/C16H27NO3S/c1-6-13-7-8-15(9-14(13)11-18)21(19,20)17-10-12(2)16(3,4)5/h7-9,12,17-18H,6,10-11H2,1-5H3. The van der Waals surface area contributed by atoms with Crippen molar-refractivity contribution in [2.75, 3.05) is 6.54 Å². The van der Waals surface area contributed by atoms with Gasteiger partial charge in [0, 0.05) is 6.54 Å². The summed E-state index contributed by atoms with van der Waals surface area (Å²) < 4.78 is 27.3. The SMILES string of the molecule is CCc1ccc(S(=O)(=O)NCC(C)C(C)(C)C)cc1CO. The molecule has 1 rings (SSSR count). The van der Waals surface area contributed by atoms with Crippen LogP contribution in [0.3, 0.4) is 0 Å². The maximum absolute atomic E-state index is 12.3. The molecule has 0 saturated heterocycles. The molecule has 0 aliphatic rings. The van der Waals surface area contributed by atoms with Crippen LogP contribution in [0.15, 0.2) is 23.1 Å². The van der Waals surface area contributed by atoms with Crippen molar-refractivity contribution in [1.82, 2.24) is 4.72 Å². The number of aliphatic hydroxyl groups excluding tert-OH is 1. The second-order valence-electron chi connectivity index (χ2n) is 6.56.